The molecule has 0 aliphatic heterocycles. The smallest absolute Gasteiger partial charge is 0.345 e. The van der Waals surface area contributed by atoms with E-state index in [1.807, 2.05) is 0 Å². The van der Waals surface area contributed by atoms with Crippen LogP contribution in [0.2, 0.25) is 0 Å². The van der Waals surface area contributed by atoms with Gasteiger partial charge < -0.3 is 28.4 Å². The zero-order chi connectivity index (χ0) is 26.8. The van der Waals surface area contributed by atoms with E-state index in [1.165, 1.54) is 26.4 Å². The Bertz CT molecular complexity index is 1060. The van der Waals surface area contributed by atoms with Gasteiger partial charge in [0.2, 0.25) is 0 Å². The average Bonchev–Trinajstić information content (AvgIpc) is 2.88. The van der Waals surface area contributed by atoms with Crippen LogP contribution in [0.5, 0.6) is 23.0 Å². The Labute approximate surface area is 204 Å². The molecule has 0 aliphatic rings. The summed E-state index contributed by atoms with van der Waals surface area (Å²) >= 11 is 0. The van der Waals surface area contributed by atoms with Gasteiger partial charge in [-0.05, 0) is 12.8 Å². The van der Waals surface area contributed by atoms with Crippen molar-refractivity contribution >= 4 is 23.3 Å². The Kier molecular flexibility index (Phi) is 9.77. The second-order valence-electron chi connectivity index (χ2n) is 6.94. The summed E-state index contributed by atoms with van der Waals surface area (Å²) in [6.45, 7) is 0.236. The number of nitrogens with zero attached hydrogens (tertiary/aromatic N) is 2. The molecule has 0 atom stereocenters. The third-order valence-electron chi connectivity index (χ3n) is 4.82. The second-order valence-corrected chi connectivity index (χ2v) is 6.94. The standard InChI is InChI=1S/C22H24N2O12/c1-31-17-9-13(21(25)33-3)15(23(27)28)11-19(17)35-7-5-6-8-36-20-12-16(24(29)30)14(22(26)34-4)10-18(20)32-2/h9-12H,5-8H2,1-4H3. The first kappa shape index (κ1) is 27.6. The van der Waals surface area contributed by atoms with E-state index in [1.54, 1.807) is 0 Å². The maximum atomic E-state index is 11.8. The highest BCUT2D eigenvalue weighted by atomic mass is 16.6. The molecule has 0 aromatic heterocycles. The fourth-order valence-electron chi connectivity index (χ4n) is 3.06. The lowest BCUT2D eigenvalue weighted by Gasteiger charge is -2.13. The Morgan fingerprint density at radius 3 is 1.31 bits per heavy atom. The maximum absolute atomic E-state index is 11.8. The molecule has 0 heterocycles. The molecular formula is C22H24N2O12. The summed E-state index contributed by atoms with van der Waals surface area (Å²) in [4.78, 5) is 44.9. The number of nitro groups is 2. The molecule has 0 N–H and O–H groups in total. The summed E-state index contributed by atoms with van der Waals surface area (Å²) < 4.78 is 30.6. The number of nitro benzene ring substituents is 2. The van der Waals surface area contributed by atoms with Gasteiger partial charge in [0, 0.05) is 12.1 Å². The van der Waals surface area contributed by atoms with Crippen molar-refractivity contribution in [2.24, 2.45) is 0 Å². The molecule has 0 unspecified atom stereocenters. The predicted octanol–water partition coefficient (Wildman–Crippen LogP) is 3.33. The van der Waals surface area contributed by atoms with E-state index < -0.39 is 33.2 Å². The highest BCUT2D eigenvalue weighted by molar-refractivity contribution is 5.95. The quantitative estimate of drug-likeness (QED) is 0.167. The van der Waals surface area contributed by atoms with Crippen molar-refractivity contribution < 1.29 is 47.9 Å². The van der Waals surface area contributed by atoms with Gasteiger partial charge in [-0.2, -0.15) is 0 Å². The number of rotatable bonds is 13. The predicted molar refractivity (Wildman–Crippen MR) is 122 cm³/mol. The third kappa shape index (κ3) is 6.49. The molecule has 194 valence electrons. The number of hydrogen-bond donors (Lipinski definition) is 0. The second kappa shape index (κ2) is 12.7. The van der Waals surface area contributed by atoms with Crippen molar-refractivity contribution in [1.82, 2.24) is 0 Å². The molecule has 0 saturated heterocycles. The summed E-state index contributed by atoms with van der Waals surface area (Å²) in [6, 6.07) is 4.49. The Hall–Kier alpha value is -4.62. The molecule has 14 heteroatoms. The van der Waals surface area contributed by atoms with E-state index in [-0.39, 0.29) is 47.3 Å². The lowest BCUT2D eigenvalue weighted by atomic mass is 10.1. The van der Waals surface area contributed by atoms with Crippen molar-refractivity contribution in [2.45, 2.75) is 12.8 Å². The first-order valence-corrected chi connectivity index (χ1v) is 10.3. The fourth-order valence-corrected chi connectivity index (χ4v) is 3.06. The highest BCUT2D eigenvalue weighted by Crippen LogP contribution is 2.36. The Morgan fingerprint density at radius 2 is 1.03 bits per heavy atom. The molecule has 2 rings (SSSR count). The van der Waals surface area contributed by atoms with Crippen molar-refractivity contribution in [3.05, 3.63) is 55.6 Å². The van der Waals surface area contributed by atoms with Gasteiger partial charge in [0.1, 0.15) is 11.1 Å². The van der Waals surface area contributed by atoms with E-state index in [9.17, 15) is 29.8 Å². The maximum Gasteiger partial charge on any atom is 0.345 e. The number of esters is 2. The normalized spacial score (nSPS) is 10.2. The van der Waals surface area contributed by atoms with Crippen LogP contribution in [0, 0.1) is 20.2 Å². The summed E-state index contributed by atoms with van der Waals surface area (Å²) in [5.74, 6) is -1.43. The Morgan fingerprint density at radius 1 is 0.667 bits per heavy atom. The van der Waals surface area contributed by atoms with Gasteiger partial charge in [-0.15, -0.1) is 0 Å². The van der Waals surface area contributed by atoms with E-state index in [2.05, 4.69) is 9.47 Å². The number of unbranched alkanes of at least 4 members (excludes halogenated alkanes) is 1. The molecule has 36 heavy (non-hydrogen) atoms. The van der Waals surface area contributed by atoms with Crippen LogP contribution >= 0.6 is 0 Å². The minimum absolute atomic E-state index is 0.0634. The van der Waals surface area contributed by atoms with Gasteiger partial charge in [-0.1, -0.05) is 0 Å². The molecule has 0 aliphatic carbocycles. The average molecular weight is 508 g/mol. The number of hydrogen-bond acceptors (Lipinski definition) is 12. The minimum atomic E-state index is -0.890. The first-order chi connectivity index (χ1) is 17.2. The summed E-state index contributed by atoms with van der Waals surface area (Å²) in [7, 11) is 4.85. The number of ether oxygens (including phenoxy) is 6. The van der Waals surface area contributed by atoms with E-state index in [0.29, 0.717) is 12.8 Å². The fraction of sp³-hybridized carbons (Fsp3) is 0.364. The van der Waals surface area contributed by atoms with Crippen molar-refractivity contribution in [2.75, 3.05) is 41.7 Å². The van der Waals surface area contributed by atoms with Crippen molar-refractivity contribution in [1.29, 1.82) is 0 Å². The zero-order valence-corrected chi connectivity index (χ0v) is 19.9. The van der Waals surface area contributed by atoms with Crippen LogP contribution in [-0.2, 0) is 9.47 Å². The first-order valence-electron chi connectivity index (χ1n) is 10.3. The summed E-state index contributed by atoms with van der Waals surface area (Å²) in [5.41, 5.74) is -1.54. The molecule has 14 nitrogen and oxygen atoms in total. The lowest BCUT2D eigenvalue weighted by Crippen LogP contribution is -2.09. The minimum Gasteiger partial charge on any atom is -0.493 e. The van der Waals surface area contributed by atoms with E-state index >= 15 is 0 Å². The van der Waals surface area contributed by atoms with Gasteiger partial charge >= 0.3 is 11.9 Å². The number of carbonyl (C=O) groups is 2. The van der Waals surface area contributed by atoms with Gasteiger partial charge in [-0.25, -0.2) is 9.59 Å². The van der Waals surface area contributed by atoms with Crippen molar-refractivity contribution in [3.63, 3.8) is 0 Å². The number of benzene rings is 2. The van der Waals surface area contributed by atoms with Gasteiger partial charge in [0.05, 0.1) is 63.6 Å². The summed E-state index contributed by atoms with van der Waals surface area (Å²) in [6.07, 6.45) is 0.862. The van der Waals surface area contributed by atoms with Gasteiger partial charge in [0.25, 0.3) is 11.4 Å². The van der Waals surface area contributed by atoms with Crippen LogP contribution in [0.4, 0.5) is 11.4 Å². The van der Waals surface area contributed by atoms with Crippen molar-refractivity contribution in [3.8, 4) is 23.0 Å². The van der Waals surface area contributed by atoms with Crippen LogP contribution in [0.15, 0.2) is 24.3 Å². The largest absolute Gasteiger partial charge is 0.493 e. The van der Waals surface area contributed by atoms with Crippen LogP contribution in [0.3, 0.4) is 0 Å². The van der Waals surface area contributed by atoms with Gasteiger partial charge in [-0.3, -0.25) is 20.2 Å². The van der Waals surface area contributed by atoms with Crippen LogP contribution in [-0.4, -0.2) is 63.4 Å². The van der Waals surface area contributed by atoms with Crippen LogP contribution in [0.25, 0.3) is 0 Å². The molecule has 0 radical (unpaired) electrons. The molecule has 0 amide bonds. The van der Waals surface area contributed by atoms with E-state index in [4.69, 9.17) is 18.9 Å². The third-order valence-corrected chi connectivity index (χ3v) is 4.82. The summed E-state index contributed by atoms with van der Waals surface area (Å²) in [5, 5.41) is 22.7. The SMILES string of the molecule is COC(=O)c1cc(OC)c(OCCCCOc2cc([N+](=O)[O-])c(C(=O)OC)cc2OC)cc1[N+](=O)[O-]. The monoisotopic (exact) mass is 508 g/mol. The lowest BCUT2D eigenvalue weighted by molar-refractivity contribution is -0.385. The molecule has 0 spiro atoms. The molecule has 2 aromatic rings. The number of carbonyl (C=O) groups excluding carboxylic acids is 2. The highest BCUT2D eigenvalue weighted by Gasteiger charge is 2.26. The molecule has 0 saturated carbocycles. The topological polar surface area (TPSA) is 176 Å². The number of methoxy groups -OCH3 is 4. The zero-order valence-electron chi connectivity index (χ0n) is 19.9. The molecular weight excluding hydrogens is 484 g/mol. The molecule has 0 bridgehead atoms. The molecule has 0 fully saturated rings. The van der Waals surface area contributed by atoms with Crippen LogP contribution in [0.1, 0.15) is 33.6 Å². The van der Waals surface area contributed by atoms with Gasteiger partial charge in [0.15, 0.2) is 23.0 Å². The van der Waals surface area contributed by atoms with Crippen LogP contribution < -0.4 is 18.9 Å². The molecule has 2 aromatic carbocycles. The Balaban J connectivity index is 2.04. The van der Waals surface area contributed by atoms with E-state index in [0.717, 1.165) is 26.4 Å².